The van der Waals surface area contributed by atoms with Crippen LogP contribution >= 0.6 is 0 Å². The summed E-state index contributed by atoms with van der Waals surface area (Å²) in [5, 5.41) is 4.11. The van der Waals surface area contributed by atoms with Gasteiger partial charge >= 0.3 is 11.7 Å². The molecule has 30 heavy (non-hydrogen) atoms. The number of anilines is 1. The quantitative estimate of drug-likeness (QED) is 0.510. The zero-order valence-electron chi connectivity index (χ0n) is 16.5. The van der Waals surface area contributed by atoms with Crippen LogP contribution < -0.4 is 10.9 Å². The largest absolute Gasteiger partial charge is 0.452 e. The fourth-order valence-corrected chi connectivity index (χ4v) is 4.57. The normalized spacial score (nSPS) is 22.3. The summed E-state index contributed by atoms with van der Waals surface area (Å²) < 4.78 is 17.8. The summed E-state index contributed by atoms with van der Waals surface area (Å²) in [7, 11) is 1.28. The van der Waals surface area contributed by atoms with Crippen LogP contribution in [0.1, 0.15) is 47.1 Å². The molecule has 1 saturated heterocycles. The van der Waals surface area contributed by atoms with Crippen molar-refractivity contribution in [2.45, 2.75) is 25.5 Å². The van der Waals surface area contributed by atoms with E-state index in [-0.39, 0.29) is 17.8 Å². The van der Waals surface area contributed by atoms with Gasteiger partial charge in [0.05, 0.1) is 24.9 Å². The van der Waals surface area contributed by atoms with Crippen LogP contribution in [0.15, 0.2) is 45.7 Å². The maximum atomic E-state index is 12.8. The van der Waals surface area contributed by atoms with Crippen molar-refractivity contribution in [2.24, 2.45) is 5.92 Å². The van der Waals surface area contributed by atoms with E-state index in [4.69, 9.17) is 13.9 Å². The number of methoxy groups -OCH3 is 1. The first kappa shape index (κ1) is 18.6. The van der Waals surface area contributed by atoms with Gasteiger partial charge in [-0.15, -0.1) is 0 Å². The molecule has 0 unspecified atom stereocenters. The molecule has 2 aromatic heterocycles. The highest BCUT2D eigenvalue weighted by molar-refractivity contribution is 5.95. The molecule has 8 heteroatoms. The topological polar surface area (TPSA) is 99.8 Å². The van der Waals surface area contributed by atoms with Gasteiger partial charge in [0, 0.05) is 35.2 Å². The maximum Gasteiger partial charge on any atom is 0.418 e. The highest BCUT2D eigenvalue weighted by Crippen LogP contribution is 2.51. The van der Waals surface area contributed by atoms with Gasteiger partial charge in [-0.3, -0.25) is 9.36 Å². The standard InChI is InChI=1S/C22H20N2O6/c1-11(25)12-9-15(24(10-12)22(27)28-2)18-14-7-8-29-20(14)17-13-5-3-4-6-16(13)30-21(26)19(17)23-18/h3-6,9-10,14,18,20,23H,7-8H2,1-2H3/t14-,18-,20-/m0/s1. The fourth-order valence-electron chi connectivity index (χ4n) is 4.57. The van der Waals surface area contributed by atoms with E-state index in [1.807, 2.05) is 18.2 Å². The number of carbonyl (C=O) groups is 2. The molecule has 0 spiro atoms. The Hall–Kier alpha value is -3.39. The van der Waals surface area contributed by atoms with Gasteiger partial charge < -0.3 is 19.2 Å². The Morgan fingerprint density at radius 3 is 2.83 bits per heavy atom. The number of fused-ring (bicyclic) bond motifs is 5. The molecule has 4 heterocycles. The van der Waals surface area contributed by atoms with E-state index in [1.165, 1.54) is 24.8 Å². The Labute approximate surface area is 171 Å². The van der Waals surface area contributed by atoms with E-state index in [9.17, 15) is 14.4 Å². The molecule has 5 rings (SSSR count). The number of ketones is 1. The van der Waals surface area contributed by atoms with E-state index in [0.29, 0.717) is 29.1 Å². The summed E-state index contributed by atoms with van der Waals surface area (Å²) in [4.78, 5) is 37.1. The van der Waals surface area contributed by atoms with Crippen molar-refractivity contribution >= 4 is 28.5 Å². The second-order valence-corrected chi connectivity index (χ2v) is 7.59. The number of para-hydroxylation sites is 1. The third-order valence-corrected chi connectivity index (χ3v) is 5.95. The lowest BCUT2D eigenvalue weighted by Crippen LogP contribution is -2.34. The van der Waals surface area contributed by atoms with Crippen LogP contribution in [0.4, 0.5) is 10.5 Å². The molecule has 0 bridgehead atoms. The maximum absolute atomic E-state index is 12.8. The fraction of sp³-hybridized carbons (Fsp3) is 0.318. The minimum absolute atomic E-state index is 0.0409. The summed E-state index contributed by atoms with van der Waals surface area (Å²) >= 11 is 0. The van der Waals surface area contributed by atoms with Crippen LogP contribution in [0, 0.1) is 5.92 Å². The number of hydrogen-bond donors (Lipinski definition) is 1. The minimum Gasteiger partial charge on any atom is -0.452 e. The summed E-state index contributed by atoms with van der Waals surface area (Å²) in [5.41, 5.74) is 2.06. The predicted octanol–water partition coefficient (Wildman–Crippen LogP) is 3.66. The van der Waals surface area contributed by atoms with Crippen LogP contribution in [0.3, 0.4) is 0 Å². The SMILES string of the molecule is COC(=O)n1cc(C(C)=O)cc1[C@H]1Nc2c(c3ccccc3oc2=O)[C@H]2OCC[C@@H]12. The summed E-state index contributed by atoms with van der Waals surface area (Å²) in [6.45, 7) is 1.96. The molecule has 0 amide bonds. The molecule has 2 aliphatic rings. The lowest BCUT2D eigenvalue weighted by atomic mass is 9.82. The Bertz CT molecular complexity index is 1240. The Kier molecular flexibility index (Phi) is 4.25. The predicted molar refractivity (Wildman–Crippen MR) is 108 cm³/mol. The monoisotopic (exact) mass is 408 g/mol. The molecule has 1 fully saturated rings. The van der Waals surface area contributed by atoms with Gasteiger partial charge in [0.1, 0.15) is 11.3 Å². The molecule has 3 atom stereocenters. The van der Waals surface area contributed by atoms with Gasteiger partial charge in [-0.2, -0.15) is 0 Å². The minimum atomic E-state index is -0.605. The zero-order valence-corrected chi connectivity index (χ0v) is 16.5. The molecule has 154 valence electrons. The average molecular weight is 408 g/mol. The summed E-state index contributed by atoms with van der Waals surface area (Å²) in [6.07, 6.45) is 1.26. The Balaban J connectivity index is 1.71. The van der Waals surface area contributed by atoms with Crippen molar-refractivity contribution in [1.29, 1.82) is 0 Å². The van der Waals surface area contributed by atoms with Crippen molar-refractivity contribution in [2.75, 3.05) is 19.0 Å². The van der Waals surface area contributed by atoms with Crippen molar-refractivity contribution < 1.29 is 23.5 Å². The summed E-state index contributed by atoms with van der Waals surface area (Å²) in [5.74, 6) is -0.208. The van der Waals surface area contributed by atoms with Crippen LogP contribution in [-0.4, -0.2) is 30.2 Å². The highest BCUT2D eigenvalue weighted by Gasteiger charge is 2.45. The number of nitrogens with one attached hydrogen (secondary N) is 1. The first-order valence-electron chi connectivity index (χ1n) is 9.75. The number of nitrogens with zero attached hydrogens (tertiary/aromatic N) is 1. The first-order valence-corrected chi connectivity index (χ1v) is 9.75. The molecule has 1 N–H and O–H groups in total. The van der Waals surface area contributed by atoms with Crippen LogP contribution in [0.2, 0.25) is 0 Å². The average Bonchev–Trinajstić information content (AvgIpc) is 3.40. The van der Waals surface area contributed by atoms with Crippen molar-refractivity contribution in [3.8, 4) is 0 Å². The van der Waals surface area contributed by atoms with Crippen molar-refractivity contribution in [3.63, 3.8) is 0 Å². The summed E-state index contributed by atoms with van der Waals surface area (Å²) in [6, 6.07) is 8.61. The second kappa shape index (κ2) is 6.84. The van der Waals surface area contributed by atoms with Crippen molar-refractivity contribution in [1.82, 2.24) is 4.57 Å². The smallest absolute Gasteiger partial charge is 0.418 e. The molecule has 1 aromatic carbocycles. The lowest BCUT2D eigenvalue weighted by Gasteiger charge is -2.36. The number of carbonyl (C=O) groups excluding carboxylic acids is 2. The number of hydrogen-bond acceptors (Lipinski definition) is 7. The second-order valence-electron chi connectivity index (χ2n) is 7.59. The Morgan fingerprint density at radius 2 is 2.07 bits per heavy atom. The van der Waals surface area contributed by atoms with Crippen LogP contribution in [0.25, 0.3) is 11.0 Å². The van der Waals surface area contributed by atoms with Crippen molar-refractivity contribution in [3.05, 3.63) is 63.8 Å². The highest BCUT2D eigenvalue weighted by atomic mass is 16.5. The van der Waals surface area contributed by atoms with Gasteiger partial charge in [-0.05, 0) is 25.5 Å². The van der Waals surface area contributed by atoms with Gasteiger partial charge in [-0.25, -0.2) is 9.59 Å². The molecular weight excluding hydrogens is 388 g/mol. The van der Waals surface area contributed by atoms with Gasteiger partial charge in [-0.1, -0.05) is 18.2 Å². The van der Waals surface area contributed by atoms with Gasteiger partial charge in [0.25, 0.3) is 0 Å². The third kappa shape index (κ3) is 2.68. The molecule has 0 radical (unpaired) electrons. The molecule has 0 aliphatic carbocycles. The number of ether oxygens (including phenoxy) is 2. The van der Waals surface area contributed by atoms with E-state index in [0.717, 1.165) is 17.4 Å². The molecule has 3 aromatic rings. The van der Waals surface area contributed by atoms with Crippen LogP contribution in [-0.2, 0) is 9.47 Å². The van der Waals surface area contributed by atoms with E-state index in [2.05, 4.69) is 5.32 Å². The number of rotatable bonds is 2. The lowest BCUT2D eigenvalue weighted by molar-refractivity contribution is 0.0827. The Morgan fingerprint density at radius 1 is 1.27 bits per heavy atom. The van der Waals surface area contributed by atoms with Gasteiger partial charge in [0.2, 0.25) is 0 Å². The molecule has 8 nitrogen and oxygen atoms in total. The number of Topliss-reactive ketones (excluding diaryl/α,β-unsaturated/α-hetero) is 1. The molecule has 0 saturated carbocycles. The van der Waals surface area contributed by atoms with Crippen LogP contribution in [0.5, 0.6) is 0 Å². The molecular formula is C22H20N2O6. The zero-order chi connectivity index (χ0) is 21.0. The van der Waals surface area contributed by atoms with E-state index < -0.39 is 17.8 Å². The number of benzene rings is 1. The van der Waals surface area contributed by atoms with Gasteiger partial charge in [0.15, 0.2) is 5.78 Å². The molecule has 2 aliphatic heterocycles. The number of aromatic nitrogens is 1. The van der Waals surface area contributed by atoms with E-state index >= 15 is 0 Å². The van der Waals surface area contributed by atoms with E-state index in [1.54, 1.807) is 12.1 Å². The first-order chi connectivity index (χ1) is 14.5. The third-order valence-electron chi connectivity index (χ3n) is 5.95.